The molecule has 186 valence electrons. The zero-order valence-corrected chi connectivity index (χ0v) is 25.7. The van der Waals surface area contributed by atoms with E-state index in [2.05, 4.69) is 114 Å². The molecule has 0 bridgehead atoms. The molecule has 0 spiro atoms. The van der Waals surface area contributed by atoms with Crippen molar-refractivity contribution in [2.75, 3.05) is 0 Å². The maximum Gasteiger partial charge on any atom is 0 e. The second-order valence-corrected chi connectivity index (χ2v) is 12.9. The molecule has 0 fully saturated rings. The summed E-state index contributed by atoms with van der Waals surface area (Å²) in [5, 5.41) is 0. The van der Waals surface area contributed by atoms with Gasteiger partial charge in [-0.15, -0.1) is 0 Å². The number of rotatable bonds is 3. The SMILES string of the molecule is CC(C)(C)c1c(CCc2ccc3c(c2C(C)(C)C)Cc2ccccc2-3)ccc2c1Cc1ccccc1-2.[Zr]. The van der Waals surface area contributed by atoms with Gasteiger partial charge >= 0.3 is 0 Å². The van der Waals surface area contributed by atoms with Crippen molar-refractivity contribution in [3.05, 3.63) is 117 Å². The van der Waals surface area contributed by atoms with Crippen molar-refractivity contribution in [1.82, 2.24) is 0 Å². The van der Waals surface area contributed by atoms with Gasteiger partial charge in [-0.1, -0.05) is 114 Å². The molecule has 0 radical (unpaired) electrons. The van der Waals surface area contributed by atoms with Crippen LogP contribution in [-0.2, 0) is 62.7 Å². The Bertz CT molecular complexity index is 1380. The first-order valence-corrected chi connectivity index (χ1v) is 13.6. The fraction of sp³-hybridized carbons (Fsp3) is 0.333. The zero-order chi connectivity index (χ0) is 25.2. The Labute approximate surface area is 242 Å². The minimum Gasteiger partial charge on any atom is -0.0619 e. The van der Waals surface area contributed by atoms with Crippen molar-refractivity contribution in [2.45, 2.75) is 78.1 Å². The van der Waals surface area contributed by atoms with Gasteiger partial charge in [0.05, 0.1) is 0 Å². The molecule has 0 amide bonds. The van der Waals surface area contributed by atoms with Crippen molar-refractivity contribution in [1.29, 1.82) is 0 Å². The molecule has 6 rings (SSSR count). The van der Waals surface area contributed by atoms with Crippen LogP contribution in [0.1, 0.15) is 86.1 Å². The number of aryl methyl sites for hydroxylation is 2. The summed E-state index contributed by atoms with van der Waals surface area (Å²) in [5.41, 5.74) is 18.3. The van der Waals surface area contributed by atoms with Gasteiger partial charge in [-0.25, -0.2) is 0 Å². The molecule has 37 heavy (non-hydrogen) atoms. The summed E-state index contributed by atoms with van der Waals surface area (Å²) in [4.78, 5) is 0. The minimum absolute atomic E-state index is 0. The van der Waals surface area contributed by atoms with E-state index in [9.17, 15) is 0 Å². The molecule has 0 saturated heterocycles. The van der Waals surface area contributed by atoms with Crippen molar-refractivity contribution in [3.8, 4) is 22.3 Å². The summed E-state index contributed by atoms with van der Waals surface area (Å²) in [6.45, 7) is 14.3. The molecular weight excluding hydrogens is 524 g/mol. The van der Waals surface area contributed by atoms with Crippen LogP contribution in [0.15, 0.2) is 72.8 Å². The molecule has 0 unspecified atom stereocenters. The number of benzene rings is 4. The van der Waals surface area contributed by atoms with E-state index in [1.165, 1.54) is 44.5 Å². The summed E-state index contributed by atoms with van der Waals surface area (Å²) in [6, 6.07) is 27.6. The van der Waals surface area contributed by atoms with E-state index in [-0.39, 0.29) is 37.0 Å². The summed E-state index contributed by atoms with van der Waals surface area (Å²) in [7, 11) is 0. The topological polar surface area (TPSA) is 0 Å². The monoisotopic (exact) mass is 560 g/mol. The third kappa shape index (κ3) is 4.52. The standard InChI is InChI=1S/C36H38.Zr/c1-35(2,3)33-23(17-19-29-27-13-9-7-11-25(27)21-31(29)33)15-16-24-18-20-30-28-14-10-8-12-26(28)22-32(30)34(24)36(4,5)6;/h7-14,17-20H,15-16,21-22H2,1-6H3;. The average molecular weight is 562 g/mol. The van der Waals surface area contributed by atoms with Gasteiger partial charge in [0, 0.05) is 26.2 Å². The normalized spacial score (nSPS) is 13.5. The van der Waals surface area contributed by atoms with Crippen LogP contribution in [0.5, 0.6) is 0 Å². The van der Waals surface area contributed by atoms with Crippen molar-refractivity contribution < 1.29 is 26.2 Å². The van der Waals surface area contributed by atoms with E-state index < -0.39 is 0 Å². The summed E-state index contributed by atoms with van der Waals surface area (Å²) in [5.74, 6) is 0. The third-order valence-electron chi connectivity index (χ3n) is 8.31. The average Bonchev–Trinajstić information content (AvgIpc) is 3.38. The third-order valence-corrected chi connectivity index (χ3v) is 8.31. The fourth-order valence-electron chi connectivity index (χ4n) is 7.07. The van der Waals surface area contributed by atoms with Gasteiger partial charge in [0.2, 0.25) is 0 Å². The van der Waals surface area contributed by atoms with Crippen LogP contribution in [-0.4, -0.2) is 0 Å². The van der Waals surface area contributed by atoms with E-state index in [1.54, 1.807) is 22.3 Å². The first-order valence-electron chi connectivity index (χ1n) is 13.6. The van der Waals surface area contributed by atoms with Crippen LogP contribution in [0, 0.1) is 0 Å². The van der Waals surface area contributed by atoms with Gasteiger partial charge in [-0.3, -0.25) is 0 Å². The number of hydrogen-bond donors (Lipinski definition) is 0. The molecular formula is C36H38Zr. The van der Waals surface area contributed by atoms with Crippen LogP contribution in [0.25, 0.3) is 22.3 Å². The number of fused-ring (bicyclic) bond motifs is 6. The Morgan fingerprint density at radius 3 is 1.24 bits per heavy atom. The Morgan fingerprint density at radius 2 is 0.865 bits per heavy atom. The molecule has 0 saturated carbocycles. The molecule has 0 atom stereocenters. The molecule has 0 aromatic heterocycles. The molecule has 0 nitrogen and oxygen atoms in total. The maximum absolute atomic E-state index is 2.43. The maximum atomic E-state index is 2.43. The van der Waals surface area contributed by atoms with Crippen molar-refractivity contribution >= 4 is 0 Å². The quantitative estimate of drug-likeness (QED) is 0.202. The summed E-state index contributed by atoms with van der Waals surface area (Å²) in [6.07, 6.45) is 4.31. The molecule has 4 aromatic rings. The number of hydrogen-bond acceptors (Lipinski definition) is 0. The molecule has 0 N–H and O–H groups in total. The van der Waals surface area contributed by atoms with Crippen molar-refractivity contribution in [3.63, 3.8) is 0 Å². The first-order chi connectivity index (χ1) is 17.1. The van der Waals surface area contributed by atoms with Crippen LogP contribution in [0.2, 0.25) is 0 Å². The fourth-order valence-corrected chi connectivity index (χ4v) is 7.07. The zero-order valence-electron chi connectivity index (χ0n) is 23.3. The second kappa shape index (κ2) is 9.50. The molecule has 2 aliphatic carbocycles. The minimum atomic E-state index is 0. The largest absolute Gasteiger partial charge is 0.0619 e. The van der Waals surface area contributed by atoms with E-state index >= 15 is 0 Å². The van der Waals surface area contributed by atoms with Crippen LogP contribution in [0.3, 0.4) is 0 Å². The van der Waals surface area contributed by atoms with E-state index in [0.717, 1.165) is 25.7 Å². The summed E-state index contributed by atoms with van der Waals surface area (Å²) >= 11 is 0. The Kier molecular flexibility index (Phi) is 6.77. The van der Waals surface area contributed by atoms with Crippen LogP contribution < -0.4 is 0 Å². The van der Waals surface area contributed by atoms with Gasteiger partial charge in [0.15, 0.2) is 0 Å². The predicted molar refractivity (Wildman–Crippen MR) is 154 cm³/mol. The smallest absolute Gasteiger partial charge is 0 e. The van der Waals surface area contributed by atoms with Gasteiger partial charge in [0.1, 0.15) is 0 Å². The van der Waals surface area contributed by atoms with Gasteiger partial charge in [0.25, 0.3) is 0 Å². The molecule has 0 heterocycles. The van der Waals surface area contributed by atoms with Crippen LogP contribution in [0.4, 0.5) is 0 Å². The van der Waals surface area contributed by atoms with Crippen LogP contribution >= 0.6 is 0 Å². The predicted octanol–water partition coefficient (Wildman–Crippen LogP) is 9.21. The van der Waals surface area contributed by atoms with Gasteiger partial charge in [-0.05, 0) is 103 Å². The van der Waals surface area contributed by atoms with Gasteiger partial charge in [-0.2, -0.15) is 0 Å². The van der Waals surface area contributed by atoms with E-state index in [4.69, 9.17) is 0 Å². The first kappa shape index (κ1) is 26.4. The Balaban J connectivity index is 0.00000280. The second-order valence-electron chi connectivity index (χ2n) is 12.9. The van der Waals surface area contributed by atoms with E-state index in [0.29, 0.717) is 0 Å². The molecule has 1 heteroatoms. The molecule has 2 aliphatic rings. The summed E-state index contributed by atoms with van der Waals surface area (Å²) < 4.78 is 0. The van der Waals surface area contributed by atoms with E-state index in [1.807, 2.05) is 0 Å². The van der Waals surface area contributed by atoms with Gasteiger partial charge < -0.3 is 0 Å². The Hall–Kier alpha value is -2.24. The molecule has 4 aromatic carbocycles. The van der Waals surface area contributed by atoms with Crippen molar-refractivity contribution in [2.24, 2.45) is 0 Å². The Morgan fingerprint density at radius 1 is 0.486 bits per heavy atom. The molecule has 0 aliphatic heterocycles.